The summed E-state index contributed by atoms with van der Waals surface area (Å²) >= 11 is 11.4. The van der Waals surface area contributed by atoms with E-state index in [1.165, 1.54) is 11.8 Å². The summed E-state index contributed by atoms with van der Waals surface area (Å²) in [4.78, 5) is 17.9. The topological polar surface area (TPSA) is 75.5 Å². The molecule has 3 aliphatic rings. The molecular formula is C20H14BrClN4O3S. The maximum absolute atomic E-state index is 13.1. The third kappa shape index (κ3) is 3.27. The molecule has 2 aromatic carbocycles. The van der Waals surface area contributed by atoms with Crippen LogP contribution in [0.25, 0.3) is 5.70 Å². The van der Waals surface area contributed by atoms with Crippen molar-refractivity contribution in [2.75, 3.05) is 12.5 Å². The fraction of sp³-hybridized carbons (Fsp3) is 0.150. The molecule has 3 aliphatic heterocycles. The van der Waals surface area contributed by atoms with Gasteiger partial charge in [-0.15, -0.1) is 11.7 Å². The molecule has 0 saturated carbocycles. The SMILES string of the molecule is C=CCSC1=NN2C(=c3cc(Br)ccc3=NC2c2cc3c(cc2Cl)OCO3)C(=O)N1. The predicted octanol–water partition coefficient (Wildman–Crippen LogP) is 2.89. The molecule has 1 amide bonds. The van der Waals surface area contributed by atoms with E-state index in [0.29, 0.717) is 49.3 Å². The van der Waals surface area contributed by atoms with Crippen molar-refractivity contribution in [3.8, 4) is 11.5 Å². The quantitative estimate of drug-likeness (QED) is 0.649. The van der Waals surface area contributed by atoms with Crippen molar-refractivity contribution in [1.82, 2.24) is 10.3 Å². The summed E-state index contributed by atoms with van der Waals surface area (Å²) in [5.41, 5.74) is 1.07. The van der Waals surface area contributed by atoms with Crippen molar-refractivity contribution in [2.24, 2.45) is 10.1 Å². The van der Waals surface area contributed by atoms with Gasteiger partial charge in [-0.05, 0) is 24.3 Å². The Kier molecular flexibility index (Phi) is 4.96. The number of carbonyl (C=O) groups is 1. The summed E-state index contributed by atoms with van der Waals surface area (Å²) in [5.74, 6) is 1.51. The number of thioether (sulfide) groups is 1. The second-order valence-electron chi connectivity index (χ2n) is 6.54. The van der Waals surface area contributed by atoms with E-state index < -0.39 is 6.17 Å². The van der Waals surface area contributed by atoms with Gasteiger partial charge in [-0.25, -0.2) is 5.01 Å². The molecular weight excluding hydrogens is 492 g/mol. The van der Waals surface area contributed by atoms with Crippen LogP contribution in [0.4, 0.5) is 0 Å². The number of carbonyl (C=O) groups excluding carboxylic acids is 1. The summed E-state index contributed by atoms with van der Waals surface area (Å²) in [6, 6.07) is 9.09. The monoisotopic (exact) mass is 504 g/mol. The van der Waals surface area contributed by atoms with Gasteiger partial charge in [0.25, 0.3) is 5.91 Å². The molecule has 0 spiro atoms. The van der Waals surface area contributed by atoms with Crippen molar-refractivity contribution in [2.45, 2.75) is 6.17 Å². The Morgan fingerprint density at radius 2 is 2.13 bits per heavy atom. The van der Waals surface area contributed by atoms with Gasteiger partial charge in [-0.3, -0.25) is 15.1 Å². The minimum atomic E-state index is -0.638. The van der Waals surface area contributed by atoms with E-state index in [4.69, 9.17) is 26.1 Å². The number of benzene rings is 2. The van der Waals surface area contributed by atoms with Crippen LogP contribution in [0.2, 0.25) is 5.02 Å². The second-order valence-corrected chi connectivity index (χ2v) is 8.87. The summed E-state index contributed by atoms with van der Waals surface area (Å²) in [5, 5.41) is 11.4. The summed E-state index contributed by atoms with van der Waals surface area (Å²) < 4.78 is 11.8. The number of hydrogen-bond donors (Lipinski definition) is 1. The third-order valence-electron chi connectivity index (χ3n) is 4.68. The van der Waals surface area contributed by atoms with Gasteiger partial charge in [0, 0.05) is 27.1 Å². The number of halogens is 2. The lowest BCUT2D eigenvalue weighted by Crippen LogP contribution is -2.50. The minimum Gasteiger partial charge on any atom is -0.454 e. The van der Waals surface area contributed by atoms with Gasteiger partial charge in [0.2, 0.25) is 6.79 Å². The van der Waals surface area contributed by atoms with E-state index in [-0.39, 0.29) is 12.7 Å². The van der Waals surface area contributed by atoms with E-state index in [0.717, 1.165) is 4.47 Å². The molecule has 1 atom stereocenters. The highest BCUT2D eigenvalue weighted by Gasteiger charge is 2.36. The fourth-order valence-electron chi connectivity index (χ4n) is 3.39. The summed E-state index contributed by atoms with van der Waals surface area (Å²) in [6.45, 7) is 3.85. The smallest absolute Gasteiger partial charge is 0.276 e. The average molecular weight is 506 g/mol. The van der Waals surface area contributed by atoms with E-state index in [1.54, 1.807) is 23.2 Å². The highest BCUT2D eigenvalue weighted by Crippen LogP contribution is 2.42. The first-order chi connectivity index (χ1) is 14.5. The van der Waals surface area contributed by atoms with Crippen LogP contribution in [-0.4, -0.2) is 28.6 Å². The number of fused-ring (bicyclic) bond motifs is 3. The maximum Gasteiger partial charge on any atom is 0.276 e. The number of amidine groups is 1. The van der Waals surface area contributed by atoms with Gasteiger partial charge in [0.1, 0.15) is 5.70 Å². The van der Waals surface area contributed by atoms with Crippen molar-refractivity contribution in [1.29, 1.82) is 0 Å². The number of rotatable bonds is 3. The van der Waals surface area contributed by atoms with Crippen LogP contribution in [0, 0.1) is 0 Å². The largest absolute Gasteiger partial charge is 0.454 e. The zero-order chi connectivity index (χ0) is 20.8. The first kappa shape index (κ1) is 19.5. The Hall–Kier alpha value is -2.49. The molecule has 0 saturated heterocycles. The Bertz CT molecular complexity index is 1250. The molecule has 0 aliphatic carbocycles. The molecule has 2 aromatic rings. The second kappa shape index (κ2) is 7.64. The molecule has 7 nitrogen and oxygen atoms in total. The molecule has 0 radical (unpaired) electrons. The Morgan fingerprint density at radius 3 is 2.93 bits per heavy atom. The van der Waals surface area contributed by atoms with Gasteiger partial charge in [-0.1, -0.05) is 45.4 Å². The average Bonchev–Trinajstić information content (AvgIpc) is 3.18. The molecule has 1 N–H and O–H groups in total. The van der Waals surface area contributed by atoms with Crippen LogP contribution in [0.1, 0.15) is 11.7 Å². The number of nitrogens with one attached hydrogen (secondary N) is 1. The van der Waals surface area contributed by atoms with Gasteiger partial charge in [-0.2, -0.15) is 0 Å². The molecule has 30 heavy (non-hydrogen) atoms. The molecule has 152 valence electrons. The summed E-state index contributed by atoms with van der Waals surface area (Å²) in [6.07, 6.45) is 1.11. The van der Waals surface area contributed by atoms with Gasteiger partial charge >= 0.3 is 0 Å². The van der Waals surface area contributed by atoms with Crippen molar-refractivity contribution >= 4 is 56.1 Å². The van der Waals surface area contributed by atoms with E-state index in [1.807, 2.05) is 18.2 Å². The normalized spacial score (nSPS) is 18.8. The Labute approximate surface area is 189 Å². The number of ether oxygens (including phenoxy) is 2. The van der Waals surface area contributed by atoms with Crippen molar-refractivity contribution in [3.05, 3.63) is 68.6 Å². The highest BCUT2D eigenvalue weighted by atomic mass is 79.9. The zero-order valence-electron chi connectivity index (χ0n) is 15.4. The Balaban J connectivity index is 1.73. The summed E-state index contributed by atoms with van der Waals surface area (Å²) in [7, 11) is 0. The van der Waals surface area contributed by atoms with Gasteiger partial charge in [0.05, 0.1) is 10.4 Å². The molecule has 3 heterocycles. The number of amides is 1. The lowest BCUT2D eigenvalue weighted by Gasteiger charge is -2.34. The van der Waals surface area contributed by atoms with Gasteiger partial charge in [0.15, 0.2) is 22.8 Å². The first-order valence-corrected chi connectivity index (χ1v) is 11.1. The Morgan fingerprint density at radius 1 is 1.33 bits per heavy atom. The van der Waals surface area contributed by atoms with Crippen LogP contribution in [0.15, 0.2) is 57.6 Å². The third-order valence-corrected chi connectivity index (χ3v) is 6.36. The van der Waals surface area contributed by atoms with E-state index >= 15 is 0 Å². The van der Waals surface area contributed by atoms with Crippen LogP contribution >= 0.6 is 39.3 Å². The van der Waals surface area contributed by atoms with Gasteiger partial charge < -0.3 is 9.47 Å². The van der Waals surface area contributed by atoms with Crippen molar-refractivity contribution < 1.29 is 14.3 Å². The lowest BCUT2D eigenvalue weighted by atomic mass is 10.1. The zero-order valence-corrected chi connectivity index (χ0v) is 18.6. The van der Waals surface area contributed by atoms with Crippen LogP contribution in [-0.2, 0) is 4.79 Å². The molecule has 0 aromatic heterocycles. The van der Waals surface area contributed by atoms with Crippen LogP contribution in [0.5, 0.6) is 11.5 Å². The number of hydrogen-bond acceptors (Lipinski definition) is 7. The predicted molar refractivity (Wildman–Crippen MR) is 119 cm³/mol. The maximum atomic E-state index is 13.1. The van der Waals surface area contributed by atoms with Crippen LogP contribution in [0.3, 0.4) is 0 Å². The molecule has 1 unspecified atom stereocenters. The number of nitrogens with zero attached hydrogens (tertiary/aromatic N) is 3. The van der Waals surface area contributed by atoms with Crippen molar-refractivity contribution in [3.63, 3.8) is 0 Å². The van der Waals surface area contributed by atoms with E-state index in [9.17, 15) is 4.79 Å². The fourth-order valence-corrected chi connectivity index (χ4v) is 4.59. The highest BCUT2D eigenvalue weighted by molar-refractivity contribution is 9.10. The lowest BCUT2D eigenvalue weighted by molar-refractivity contribution is -0.116. The molecule has 0 fully saturated rings. The molecule has 10 heteroatoms. The number of hydrazone groups is 1. The first-order valence-electron chi connectivity index (χ1n) is 8.95. The standard InChI is InChI=1S/C20H14BrClN4O3S/c1-2-5-30-20-24-19(27)17-12-6-10(21)3-4-14(12)23-18(26(17)25-20)11-7-15-16(8-13(11)22)29-9-28-15/h2-4,6-8,18H,1,5,9H2,(H,24,25,27). The van der Waals surface area contributed by atoms with Crippen LogP contribution < -0.4 is 25.4 Å². The van der Waals surface area contributed by atoms with E-state index in [2.05, 4.69) is 32.9 Å². The minimum absolute atomic E-state index is 0.137. The molecule has 5 rings (SSSR count). The molecule has 0 bridgehead atoms.